The van der Waals surface area contributed by atoms with Crippen molar-refractivity contribution in [1.82, 2.24) is 0 Å². The van der Waals surface area contributed by atoms with Crippen molar-refractivity contribution in [3.8, 4) is 0 Å². The van der Waals surface area contributed by atoms with Crippen LogP contribution in [0.2, 0.25) is 0 Å². The first kappa shape index (κ1) is 14.3. The average molecular weight is 318 g/mol. The minimum absolute atomic E-state index is 0.0675. The highest BCUT2D eigenvalue weighted by Gasteiger charge is 2.14. The summed E-state index contributed by atoms with van der Waals surface area (Å²) in [5, 5.41) is 0. The minimum Gasteiger partial charge on any atom is -0.320 e. The molecule has 19 heavy (non-hydrogen) atoms. The molecule has 100 valence electrons. The standard InChI is InChI=1S/C17H20BrN/c1-17(2,3)14-8-4-12(5-9-14)16(19)13-6-10-15(18)11-7-13/h4-11,16H,19H2,1-3H3. The van der Waals surface area contributed by atoms with Crippen molar-refractivity contribution in [2.24, 2.45) is 5.73 Å². The molecule has 0 radical (unpaired) electrons. The van der Waals surface area contributed by atoms with Crippen molar-refractivity contribution in [2.75, 3.05) is 0 Å². The van der Waals surface area contributed by atoms with E-state index >= 15 is 0 Å². The van der Waals surface area contributed by atoms with Crippen molar-refractivity contribution in [2.45, 2.75) is 32.2 Å². The summed E-state index contributed by atoms with van der Waals surface area (Å²) in [6.45, 7) is 6.66. The lowest BCUT2D eigenvalue weighted by Gasteiger charge is -2.20. The van der Waals surface area contributed by atoms with Crippen LogP contribution >= 0.6 is 15.9 Å². The van der Waals surface area contributed by atoms with E-state index in [9.17, 15) is 0 Å². The first-order valence-corrected chi connectivity index (χ1v) is 7.29. The van der Waals surface area contributed by atoms with E-state index < -0.39 is 0 Å². The number of hydrogen-bond acceptors (Lipinski definition) is 1. The minimum atomic E-state index is -0.0675. The van der Waals surface area contributed by atoms with E-state index in [2.05, 4.69) is 73.1 Å². The fraction of sp³-hybridized carbons (Fsp3) is 0.294. The topological polar surface area (TPSA) is 26.0 Å². The fourth-order valence-corrected chi connectivity index (χ4v) is 2.32. The predicted octanol–water partition coefficient (Wildman–Crippen LogP) is 4.79. The summed E-state index contributed by atoms with van der Waals surface area (Å²) in [7, 11) is 0. The normalized spacial score (nSPS) is 13.3. The Hall–Kier alpha value is -1.12. The summed E-state index contributed by atoms with van der Waals surface area (Å²) in [5.74, 6) is 0. The van der Waals surface area contributed by atoms with E-state index in [4.69, 9.17) is 5.73 Å². The predicted molar refractivity (Wildman–Crippen MR) is 85.3 cm³/mol. The zero-order valence-corrected chi connectivity index (χ0v) is 13.2. The van der Waals surface area contributed by atoms with E-state index in [1.807, 2.05) is 12.1 Å². The lowest BCUT2D eigenvalue weighted by atomic mass is 9.86. The molecule has 1 nitrogen and oxygen atoms in total. The number of halogens is 1. The van der Waals surface area contributed by atoms with Crippen molar-refractivity contribution in [3.63, 3.8) is 0 Å². The first-order chi connectivity index (χ1) is 8.88. The molecule has 2 heteroatoms. The van der Waals surface area contributed by atoms with Crippen molar-refractivity contribution in [1.29, 1.82) is 0 Å². The highest BCUT2D eigenvalue weighted by molar-refractivity contribution is 9.10. The molecule has 1 unspecified atom stereocenters. The molecular formula is C17H20BrN. The van der Waals surface area contributed by atoms with Gasteiger partial charge in [-0.25, -0.2) is 0 Å². The monoisotopic (exact) mass is 317 g/mol. The molecule has 0 aliphatic rings. The van der Waals surface area contributed by atoms with Gasteiger partial charge in [0.25, 0.3) is 0 Å². The molecule has 2 rings (SSSR count). The largest absolute Gasteiger partial charge is 0.320 e. The fourth-order valence-electron chi connectivity index (χ4n) is 2.05. The van der Waals surface area contributed by atoms with E-state index in [1.54, 1.807) is 0 Å². The Labute approximate surface area is 124 Å². The second-order valence-corrected chi connectivity index (χ2v) is 6.82. The number of rotatable bonds is 2. The molecule has 0 saturated heterocycles. The maximum Gasteiger partial charge on any atom is 0.0551 e. The third kappa shape index (κ3) is 3.46. The quantitative estimate of drug-likeness (QED) is 0.846. The van der Waals surface area contributed by atoms with Crippen LogP contribution in [0.5, 0.6) is 0 Å². The van der Waals surface area contributed by atoms with E-state index in [1.165, 1.54) is 5.56 Å². The molecule has 0 heterocycles. The van der Waals surface area contributed by atoms with Gasteiger partial charge in [-0.15, -0.1) is 0 Å². The molecule has 2 aromatic rings. The Bertz CT molecular complexity index is 535. The van der Waals surface area contributed by atoms with Gasteiger partial charge < -0.3 is 5.73 Å². The molecule has 0 saturated carbocycles. The third-order valence-corrected chi connectivity index (χ3v) is 3.89. The van der Waals surface area contributed by atoms with Crippen LogP contribution in [-0.4, -0.2) is 0 Å². The van der Waals surface area contributed by atoms with Crippen molar-refractivity contribution < 1.29 is 0 Å². The highest BCUT2D eigenvalue weighted by Crippen LogP contribution is 2.26. The maximum absolute atomic E-state index is 6.31. The lowest BCUT2D eigenvalue weighted by molar-refractivity contribution is 0.589. The van der Waals surface area contributed by atoms with Gasteiger partial charge in [-0.05, 0) is 34.2 Å². The Kier molecular flexibility index (Phi) is 4.12. The molecule has 0 bridgehead atoms. The Balaban J connectivity index is 2.25. The van der Waals surface area contributed by atoms with E-state index in [0.29, 0.717) is 0 Å². The van der Waals surface area contributed by atoms with Gasteiger partial charge in [-0.1, -0.05) is 73.1 Å². The molecule has 0 aromatic heterocycles. The highest BCUT2D eigenvalue weighted by atomic mass is 79.9. The van der Waals surface area contributed by atoms with Crippen LogP contribution in [-0.2, 0) is 5.41 Å². The molecule has 0 fully saturated rings. The lowest BCUT2D eigenvalue weighted by Crippen LogP contribution is -2.14. The smallest absolute Gasteiger partial charge is 0.0551 e. The summed E-state index contributed by atoms with van der Waals surface area (Å²) in [5.41, 5.74) is 10.1. The zero-order valence-electron chi connectivity index (χ0n) is 11.7. The van der Waals surface area contributed by atoms with Gasteiger partial charge in [0.2, 0.25) is 0 Å². The molecule has 0 aliphatic carbocycles. The number of benzene rings is 2. The van der Waals surface area contributed by atoms with Crippen LogP contribution < -0.4 is 5.73 Å². The van der Waals surface area contributed by atoms with Crippen molar-refractivity contribution in [3.05, 3.63) is 69.7 Å². The van der Waals surface area contributed by atoms with Crippen LogP contribution in [0.3, 0.4) is 0 Å². The number of nitrogens with two attached hydrogens (primary N) is 1. The van der Waals surface area contributed by atoms with Crippen LogP contribution in [0.25, 0.3) is 0 Å². The second kappa shape index (κ2) is 5.48. The van der Waals surface area contributed by atoms with Crippen molar-refractivity contribution >= 4 is 15.9 Å². The third-order valence-electron chi connectivity index (χ3n) is 3.36. The SMILES string of the molecule is CC(C)(C)c1ccc(C(N)c2ccc(Br)cc2)cc1. The Morgan fingerprint density at radius 1 is 0.842 bits per heavy atom. The molecule has 1 atom stereocenters. The van der Waals surface area contributed by atoms with Gasteiger partial charge in [-0.3, -0.25) is 0 Å². The van der Waals surface area contributed by atoms with Gasteiger partial charge in [0.1, 0.15) is 0 Å². The Morgan fingerprint density at radius 3 is 1.68 bits per heavy atom. The summed E-state index contributed by atoms with van der Waals surface area (Å²) in [6.07, 6.45) is 0. The summed E-state index contributed by atoms with van der Waals surface area (Å²) < 4.78 is 1.08. The summed E-state index contributed by atoms with van der Waals surface area (Å²) in [6, 6.07) is 16.7. The molecule has 0 amide bonds. The van der Waals surface area contributed by atoms with Crippen LogP contribution in [0.4, 0.5) is 0 Å². The molecule has 0 spiro atoms. The van der Waals surface area contributed by atoms with Crippen LogP contribution in [0.15, 0.2) is 53.0 Å². The van der Waals surface area contributed by atoms with Gasteiger partial charge in [0, 0.05) is 4.47 Å². The second-order valence-electron chi connectivity index (χ2n) is 5.90. The molecule has 2 aromatic carbocycles. The molecule has 0 aliphatic heterocycles. The summed E-state index contributed by atoms with van der Waals surface area (Å²) in [4.78, 5) is 0. The maximum atomic E-state index is 6.31. The summed E-state index contributed by atoms with van der Waals surface area (Å²) >= 11 is 3.44. The molecule has 2 N–H and O–H groups in total. The first-order valence-electron chi connectivity index (χ1n) is 6.49. The van der Waals surface area contributed by atoms with Crippen LogP contribution in [0.1, 0.15) is 43.5 Å². The molecular weight excluding hydrogens is 298 g/mol. The Morgan fingerprint density at radius 2 is 1.26 bits per heavy atom. The van der Waals surface area contributed by atoms with E-state index in [0.717, 1.165) is 15.6 Å². The van der Waals surface area contributed by atoms with Crippen LogP contribution in [0, 0.1) is 0 Å². The zero-order chi connectivity index (χ0) is 14.0. The van der Waals surface area contributed by atoms with Gasteiger partial charge in [-0.2, -0.15) is 0 Å². The van der Waals surface area contributed by atoms with Gasteiger partial charge >= 0.3 is 0 Å². The number of hydrogen-bond donors (Lipinski definition) is 1. The van der Waals surface area contributed by atoms with Gasteiger partial charge in [0.05, 0.1) is 6.04 Å². The van der Waals surface area contributed by atoms with Gasteiger partial charge in [0.15, 0.2) is 0 Å². The van der Waals surface area contributed by atoms with E-state index in [-0.39, 0.29) is 11.5 Å². The average Bonchev–Trinajstić information content (AvgIpc) is 2.38.